The van der Waals surface area contributed by atoms with Gasteiger partial charge in [-0.25, -0.2) is 0 Å². The first-order chi connectivity index (χ1) is 24.7. The molecule has 2 heterocycles. The molecule has 0 atom stereocenters. The van der Waals surface area contributed by atoms with Gasteiger partial charge in [-0.3, -0.25) is 0 Å². The molecule has 9 aromatic rings. The zero-order chi connectivity index (χ0) is 33.2. The maximum absolute atomic E-state index is 11.2. The summed E-state index contributed by atoms with van der Waals surface area (Å²) in [5.74, 6) is 0.475. The zero-order valence-corrected chi connectivity index (χ0v) is 27.2. The maximum Gasteiger partial charge on any atom is 0.123 e. The van der Waals surface area contributed by atoms with Crippen LogP contribution in [0.15, 0.2) is 182 Å². The second kappa shape index (κ2) is 11.3. The number of aromatic nitrogens is 2. The Kier molecular flexibility index (Phi) is 6.40. The van der Waals surface area contributed by atoms with E-state index in [-0.39, 0.29) is 11.7 Å². The molecule has 0 unspecified atom stereocenters. The van der Waals surface area contributed by atoms with Crippen LogP contribution in [0.4, 0.5) is 0 Å². The van der Waals surface area contributed by atoms with Crippen molar-refractivity contribution in [3.8, 4) is 39.4 Å². The summed E-state index contributed by atoms with van der Waals surface area (Å²) in [5.41, 5.74) is 12.2. The predicted molar refractivity (Wildman–Crippen MR) is 209 cm³/mol. The van der Waals surface area contributed by atoms with Crippen molar-refractivity contribution in [3.63, 3.8) is 0 Å². The van der Waals surface area contributed by atoms with Crippen LogP contribution in [-0.4, -0.2) is 14.2 Å². The van der Waals surface area contributed by atoms with Gasteiger partial charge in [0, 0.05) is 44.4 Å². The van der Waals surface area contributed by atoms with Crippen molar-refractivity contribution >= 4 is 43.6 Å². The molecule has 1 aliphatic rings. The van der Waals surface area contributed by atoms with E-state index in [0.717, 1.165) is 39.1 Å². The fourth-order valence-electron chi connectivity index (χ4n) is 7.97. The number of phenolic OH excluding ortho intramolecular Hbond substituents is 1. The highest BCUT2D eigenvalue weighted by molar-refractivity contribution is 6.19. The summed E-state index contributed by atoms with van der Waals surface area (Å²) in [6.45, 7) is 0. The summed E-state index contributed by atoms with van der Waals surface area (Å²) < 4.78 is 4.78. The average molecular weight is 641 g/mol. The normalized spacial score (nSPS) is 13.0. The molecule has 0 amide bonds. The standard InChI is InChI=1S/C47H32N2O/c50-47-26-24-33(28-42(47)37-20-10-9-19-36(37)31-13-7-8-14-31)32-23-25-44-39(27-32)41-30-45-40(29-46(41)49(44)35-17-5-2-6-18-35)38-21-11-12-22-43(38)48(45)34-15-3-1-4-16-34/h1-31,50H. The van der Waals surface area contributed by atoms with Crippen LogP contribution < -0.4 is 0 Å². The number of fused-ring (bicyclic) bond motifs is 6. The third-order valence-corrected chi connectivity index (χ3v) is 10.3. The van der Waals surface area contributed by atoms with Gasteiger partial charge in [-0.05, 0) is 89.0 Å². The smallest absolute Gasteiger partial charge is 0.123 e. The maximum atomic E-state index is 11.2. The minimum Gasteiger partial charge on any atom is -0.507 e. The molecule has 0 spiro atoms. The fraction of sp³-hybridized carbons (Fsp3) is 0.0213. The van der Waals surface area contributed by atoms with E-state index in [1.54, 1.807) is 0 Å². The van der Waals surface area contributed by atoms with E-state index < -0.39 is 0 Å². The van der Waals surface area contributed by atoms with Gasteiger partial charge in [0.1, 0.15) is 5.75 Å². The molecule has 0 saturated heterocycles. The zero-order valence-electron chi connectivity index (χ0n) is 27.2. The lowest BCUT2D eigenvalue weighted by Crippen LogP contribution is -1.94. The summed E-state index contributed by atoms with van der Waals surface area (Å²) >= 11 is 0. The summed E-state index contributed by atoms with van der Waals surface area (Å²) in [5, 5.41) is 16.0. The number of benzene rings is 7. The third-order valence-electron chi connectivity index (χ3n) is 10.3. The molecular formula is C47H32N2O. The molecule has 0 radical (unpaired) electrons. The van der Waals surface area contributed by atoms with E-state index in [4.69, 9.17) is 0 Å². The van der Waals surface area contributed by atoms with Crippen LogP contribution in [0.1, 0.15) is 11.5 Å². The molecule has 50 heavy (non-hydrogen) atoms. The highest BCUT2D eigenvalue weighted by atomic mass is 16.3. The van der Waals surface area contributed by atoms with Crippen LogP contribution in [0.25, 0.3) is 77.2 Å². The van der Waals surface area contributed by atoms with E-state index in [0.29, 0.717) is 0 Å². The van der Waals surface area contributed by atoms with Crippen molar-refractivity contribution in [1.82, 2.24) is 9.13 Å². The molecule has 1 N–H and O–H groups in total. The van der Waals surface area contributed by atoms with Crippen LogP contribution in [0, 0.1) is 0 Å². The van der Waals surface area contributed by atoms with Gasteiger partial charge < -0.3 is 14.2 Å². The van der Waals surface area contributed by atoms with E-state index >= 15 is 0 Å². The number of hydrogen-bond acceptors (Lipinski definition) is 1. The fourth-order valence-corrected chi connectivity index (χ4v) is 7.97. The summed E-state index contributed by atoms with van der Waals surface area (Å²) in [6.07, 6.45) is 8.58. The van der Waals surface area contributed by atoms with Crippen molar-refractivity contribution in [3.05, 3.63) is 188 Å². The number of nitrogens with zero attached hydrogens (tertiary/aromatic N) is 2. The average Bonchev–Trinajstić information content (AvgIpc) is 3.90. The molecule has 0 aliphatic heterocycles. The van der Waals surface area contributed by atoms with Gasteiger partial charge in [0.05, 0.1) is 22.1 Å². The minimum atomic E-state index is 0.193. The topological polar surface area (TPSA) is 30.1 Å². The van der Waals surface area contributed by atoms with E-state index in [1.807, 2.05) is 18.2 Å². The lowest BCUT2D eigenvalue weighted by molar-refractivity contribution is 0.477. The Morgan fingerprint density at radius 3 is 1.66 bits per heavy atom. The van der Waals surface area contributed by atoms with Crippen molar-refractivity contribution in [2.24, 2.45) is 0 Å². The molecule has 0 fully saturated rings. The molecule has 7 aromatic carbocycles. The highest BCUT2D eigenvalue weighted by Gasteiger charge is 2.20. The van der Waals surface area contributed by atoms with Crippen molar-refractivity contribution in [2.45, 2.75) is 5.92 Å². The Morgan fingerprint density at radius 1 is 0.400 bits per heavy atom. The second-order valence-corrected chi connectivity index (χ2v) is 13.1. The Morgan fingerprint density at radius 2 is 0.940 bits per heavy atom. The molecule has 10 rings (SSSR count). The molecular weight excluding hydrogens is 609 g/mol. The van der Waals surface area contributed by atoms with Crippen LogP contribution in [0.5, 0.6) is 5.75 Å². The lowest BCUT2D eigenvalue weighted by Gasteiger charge is -2.15. The van der Waals surface area contributed by atoms with Crippen LogP contribution in [0.2, 0.25) is 0 Å². The van der Waals surface area contributed by atoms with Crippen LogP contribution in [-0.2, 0) is 0 Å². The monoisotopic (exact) mass is 640 g/mol. The first kappa shape index (κ1) is 28.4. The molecule has 0 bridgehead atoms. The van der Waals surface area contributed by atoms with Crippen molar-refractivity contribution < 1.29 is 5.11 Å². The number of para-hydroxylation sites is 3. The van der Waals surface area contributed by atoms with Gasteiger partial charge >= 0.3 is 0 Å². The van der Waals surface area contributed by atoms with Crippen LogP contribution in [0.3, 0.4) is 0 Å². The Labute approximate surface area is 289 Å². The van der Waals surface area contributed by atoms with Crippen LogP contribution >= 0.6 is 0 Å². The number of allylic oxidation sites excluding steroid dienone is 4. The molecule has 3 heteroatoms. The van der Waals surface area contributed by atoms with Crippen molar-refractivity contribution in [2.75, 3.05) is 0 Å². The first-order valence-corrected chi connectivity index (χ1v) is 17.1. The largest absolute Gasteiger partial charge is 0.507 e. The van der Waals surface area contributed by atoms with Gasteiger partial charge in [0.15, 0.2) is 0 Å². The molecule has 236 valence electrons. The third kappa shape index (κ3) is 4.37. The molecule has 2 aromatic heterocycles. The van der Waals surface area contributed by atoms with Gasteiger partial charge in [-0.15, -0.1) is 0 Å². The summed E-state index contributed by atoms with van der Waals surface area (Å²) in [4.78, 5) is 0. The molecule has 0 saturated carbocycles. The summed E-state index contributed by atoms with van der Waals surface area (Å²) in [7, 11) is 0. The van der Waals surface area contributed by atoms with Gasteiger partial charge in [-0.2, -0.15) is 0 Å². The predicted octanol–water partition coefficient (Wildman–Crippen LogP) is 12.1. The molecule has 1 aliphatic carbocycles. The quantitative estimate of drug-likeness (QED) is 0.199. The second-order valence-electron chi connectivity index (χ2n) is 13.1. The molecule has 3 nitrogen and oxygen atoms in total. The van der Waals surface area contributed by atoms with E-state index in [2.05, 4.69) is 173 Å². The highest BCUT2D eigenvalue weighted by Crippen LogP contribution is 2.43. The minimum absolute atomic E-state index is 0.193. The number of phenols is 1. The van der Waals surface area contributed by atoms with Gasteiger partial charge in [-0.1, -0.05) is 115 Å². The van der Waals surface area contributed by atoms with Gasteiger partial charge in [0.2, 0.25) is 0 Å². The lowest BCUT2D eigenvalue weighted by atomic mass is 9.89. The number of aromatic hydroxyl groups is 1. The van der Waals surface area contributed by atoms with E-state index in [9.17, 15) is 5.11 Å². The van der Waals surface area contributed by atoms with Crippen molar-refractivity contribution in [1.29, 1.82) is 0 Å². The summed E-state index contributed by atoms with van der Waals surface area (Å²) in [6, 6.07) is 55.9. The SMILES string of the molecule is Oc1ccc(-c2ccc3c(c2)c2cc4c(cc2n3-c2ccccc2)c2ccccc2n4-c2ccccc2)cc1-c1ccccc1C1C=CC=C1. The van der Waals surface area contributed by atoms with Gasteiger partial charge in [0.25, 0.3) is 0 Å². The van der Waals surface area contributed by atoms with E-state index in [1.165, 1.54) is 43.7 Å². The Bertz CT molecular complexity index is 2810. The number of rotatable bonds is 5. The Balaban J connectivity index is 1.23. The number of hydrogen-bond donors (Lipinski definition) is 1. The Hall–Kier alpha value is -6.58. The first-order valence-electron chi connectivity index (χ1n) is 17.1.